The summed E-state index contributed by atoms with van der Waals surface area (Å²) in [6, 6.07) is 0. The summed E-state index contributed by atoms with van der Waals surface area (Å²) in [6.45, 7) is 0.805. The SMILES string of the molecule is O=C(NCCNC(=O)C12CC3CC(CC(C3)C1)C2)C(Cl)Cl. The maximum atomic E-state index is 12.6. The Morgan fingerprint density at radius 3 is 1.90 bits per heavy atom. The van der Waals surface area contributed by atoms with Crippen molar-refractivity contribution in [1.82, 2.24) is 10.6 Å². The van der Waals surface area contributed by atoms with Crippen LogP contribution in [0.5, 0.6) is 0 Å². The van der Waals surface area contributed by atoms with E-state index in [9.17, 15) is 9.59 Å². The predicted octanol–water partition coefficient (Wildman–Crippen LogP) is 2.24. The summed E-state index contributed by atoms with van der Waals surface area (Å²) in [5, 5.41) is 5.59. The highest BCUT2D eigenvalue weighted by molar-refractivity contribution is 6.53. The lowest BCUT2D eigenvalue weighted by atomic mass is 9.49. The number of halogens is 2. The van der Waals surface area contributed by atoms with E-state index in [1.54, 1.807) is 0 Å². The molecular formula is C15H22Cl2N2O2. The first kappa shape index (κ1) is 15.4. The van der Waals surface area contributed by atoms with Gasteiger partial charge in [0.25, 0.3) is 5.91 Å². The summed E-state index contributed by atoms with van der Waals surface area (Å²) < 4.78 is 0. The molecular weight excluding hydrogens is 311 g/mol. The molecule has 21 heavy (non-hydrogen) atoms. The normalized spacial score (nSPS) is 36.8. The largest absolute Gasteiger partial charge is 0.354 e. The van der Waals surface area contributed by atoms with Gasteiger partial charge < -0.3 is 10.6 Å². The molecule has 4 rings (SSSR count). The molecule has 0 heterocycles. The zero-order valence-electron chi connectivity index (χ0n) is 12.0. The van der Waals surface area contributed by atoms with Crippen molar-refractivity contribution in [2.45, 2.75) is 43.4 Å². The van der Waals surface area contributed by atoms with Crippen LogP contribution in [0.25, 0.3) is 0 Å². The fourth-order valence-corrected chi connectivity index (χ4v) is 5.17. The smallest absolute Gasteiger partial charge is 0.253 e. The first-order valence-corrected chi connectivity index (χ1v) is 8.70. The van der Waals surface area contributed by atoms with Crippen LogP contribution in [0.4, 0.5) is 0 Å². The molecule has 0 radical (unpaired) electrons. The first-order chi connectivity index (χ1) is 9.98. The minimum absolute atomic E-state index is 0.125. The summed E-state index contributed by atoms with van der Waals surface area (Å²) in [5.41, 5.74) is -0.125. The van der Waals surface area contributed by atoms with Crippen molar-refractivity contribution in [3.63, 3.8) is 0 Å². The van der Waals surface area contributed by atoms with Gasteiger partial charge in [-0.05, 0) is 56.3 Å². The standard InChI is InChI=1S/C15H22Cl2N2O2/c16-12(17)13(20)18-1-2-19-14(21)15-6-9-3-10(7-15)5-11(4-9)8-15/h9-12H,1-8H2,(H,18,20)(H,19,21). The molecule has 0 aromatic rings. The highest BCUT2D eigenvalue weighted by atomic mass is 35.5. The van der Waals surface area contributed by atoms with E-state index in [0.29, 0.717) is 13.1 Å². The number of nitrogens with one attached hydrogen (secondary N) is 2. The Hall–Kier alpha value is -0.480. The Kier molecular flexibility index (Phi) is 4.37. The van der Waals surface area contributed by atoms with Gasteiger partial charge in [0.05, 0.1) is 0 Å². The molecule has 4 fully saturated rings. The Morgan fingerprint density at radius 1 is 0.952 bits per heavy atom. The van der Waals surface area contributed by atoms with E-state index >= 15 is 0 Å². The van der Waals surface area contributed by atoms with E-state index in [2.05, 4.69) is 10.6 Å². The number of carbonyl (C=O) groups excluding carboxylic acids is 2. The highest BCUT2D eigenvalue weighted by Crippen LogP contribution is 2.60. The molecule has 4 aliphatic carbocycles. The monoisotopic (exact) mass is 332 g/mol. The Balaban J connectivity index is 1.48. The lowest BCUT2D eigenvalue weighted by Crippen LogP contribution is -2.54. The number of rotatable bonds is 5. The van der Waals surface area contributed by atoms with E-state index in [-0.39, 0.29) is 11.3 Å². The minimum atomic E-state index is -1.05. The second-order valence-corrected chi connectivity index (χ2v) is 8.14. The molecule has 2 N–H and O–H groups in total. The van der Waals surface area contributed by atoms with E-state index in [1.165, 1.54) is 19.3 Å². The number of hydrogen-bond donors (Lipinski definition) is 2. The molecule has 4 saturated carbocycles. The van der Waals surface area contributed by atoms with E-state index in [1.807, 2.05) is 0 Å². The van der Waals surface area contributed by atoms with Gasteiger partial charge in [0, 0.05) is 18.5 Å². The third-order valence-corrected chi connectivity index (χ3v) is 5.82. The summed E-state index contributed by atoms with van der Waals surface area (Å²) in [5.74, 6) is 2.05. The van der Waals surface area contributed by atoms with E-state index < -0.39 is 10.7 Å². The topological polar surface area (TPSA) is 58.2 Å². The number of amides is 2. The highest BCUT2D eigenvalue weighted by Gasteiger charge is 2.54. The van der Waals surface area contributed by atoms with Crippen LogP contribution in [-0.2, 0) is 9.59 Å². The average molecular weight is 333 g/mol. The maximum Gasteiger partial charge on any atom is 0.253 e. The summed E-state index contributed by atoms with van der Waals surface area (Å²) in [7, 11) is 0. The maximum absolute atomic E-state index is 12.6. The van der Waals surface area contributed by atoms with Crippen molar-refractivity contribution in [2.24, 2.45) is 23.2 Å². The molecule has 4 bridgehead atoms. The Labute approximate surface area is 135 Å². The molecule has 0 aliphatic heterocycles. The Morgan fingerprint density at radius 2 is 1.43 bits per heavy atom. The van der Waals surface area contributed by atoms with Crippen LogP contribution in [0, 0.1) is 23.2 Å². The molecule has 0 spiro atoms. The molecule has 0 saturated heterocycles. The van der Waals surface area contributed by atoms with Crippen molar-refractivity contribution >= 4 is 35.0 Å². The molecule has 0 aromatic heterocycles. The molecule has 0 unspecified atom stereocenters. The molecule has 0 atom stereocenters. The van der Waals surface area contributed by atoms with Crippen LogP contribution in [0.2, 0.25) is 0 Å². The molecule has 6 heteroatoms. The average Bonchev–Trinajstić information content (AvgIpc) is 2.41. The fourth-order valence-electron chi connectivity index (χ4n) is 5.02. The Bertz CT molecular complexity index is 404. The van der Waals surface area contributed by atoms with Crippen molar-refractivity contribution < 1.29 is 9.59 Å². The van der Waals surface area contributed by atoms with Crippen LogP contribution in [-0.4, -0.2) is 29.7 Å². The summed E-state index contributed by atoms with van der Waals surface area (Å²) in [6.07, 6.45) is 7.16. The van der Waals surface area contributed by atoms with Crippen molar-refractivity contribution in [1.29, 1.82) is 0 Å². The second kappa shape index (κ2) is 5.96. The van der Waals surface area contributed by atoms with Crippen LogP contribution in [0.1, 0.15) is 38.5 Å². The second-order valence-electron chi connectivity index (χ2n) is 7.05. The van der Waals surface area contributed by atoms with Gasteiger partial charge in [-0.3, -0.25) is 9.59 Å². The van der Waals surface area contributed by atoms with Gasteiger partial charge in [-0.15, -0.1) is 0 Å². The zero-order valence-corrected chi connectivity index (χ0v) is 13.6. The molecule has 4 aliphatic rings. The minimum Gasteiger partial charge on any atom is -0.354 e. The lowest BCUT2D eigenvalue weighted by molar-refractivity contribution is -0.146. The van der Waals surface area contributed by atoms with E-state index in [0.717, 1.165) is 37.0 Å². The van der Waals surface area contributed by atoms with Gasteiger partial charge in [-0.2, -0.15) is 0 Å². The first-order valence-electron chi connectivity index (χ1n) is 7.83. The zero-order chi connectivity index (χ0) is 15.0. The van der Waals surface area contributed by atoms with Gasteiger partial charge in [-0.25, -0.2) is 0 Å². The lowest BCUT2D eigenvalue weighted by Gasteiger charge is -2.55. The molecule has 118 valence electrons. The summed E-state index contributed by atoms with van der Waals surface area (Å²) in [4.78, 5) is 22.8. The quantitative estimate of drug-likeness (QED) is 0.599. The van der Waals surface area contributed by atoms with Gasteiger partial charge in [0.1, 0.15) is 0 Å². The van der Waals surface area contributed by atoms with Gasteiger partial charge >= 0.3 is 0 Å². The van der Waals surface area contributed by atoms with Gasteiger partial charge in [-0.1, -0.05) is 23.2 Å². The number of alkyl halides is 2. The van der Waals surface area contributed by atoms with Crippen LogP contribution < -0.4 is 10.6 Å². The third-order valence-electron chi connectivity index (χ3n) is 5.43. The molecule has 2 amide bonds. The van der Waals surface area contributed by atoms with Crippen molar-refractivity contribution in [2.75, 3.05) is 13.1 Å². The van der Waals surface area contributed by atoms with Crippen LogP contribution >= 0.6 is 23.2 Å². The third kappa shape index (κ3) is 3.16. The van der Waals surface area contributed by atoms with Gasteiger partial charge in [0.2, 0.25) is 5.91 Å². The van der Waals surface area contributed by atoms with Crippen molar-refractivity contribution in [3.05, 3.63) is 0 Å². The predicted molar refractivity (Wildman–Crippen MR) is 82.1 cm³/mol. The number of carbonyl (C=O) groups is 2. The van der Waals surface area contributed by atoms with E-state index in [4.69, 9.17) is 23.2 Å². The van der Waals surface area contributed by atoms with Crippen LogP contribution in [0.3, 0.4) is 0 Å². The van der Waals surface area contributed by atoms with Gasteiger partial charge in [0.15, 0.2) is 4.84 Å². The number of hydrogen-bond acceptors (Lipinski definition) is 2. The van der Waals surface area contributed by atoms with Crippen molar-refractivity contribution in [3.8, 4) is 0 Å². The summed E-state index contributed by atoms with van der Waals surface area (Å²) >= 11 is 10.9. The van der Waals surface area contributed by atoms with Crippen LogP contribution in [0.15, 0.2) is 0 Å². The molecule has 0 aromatic carbocycles. The molecule has 4 nitrogen and oxygen atoms in total. The fraction of sp³-hybridized carbons (Fsp3) is 0.867.